The Morgan fingerprint density at radius 2 is 1.88 bits per heavy atom. The molecule has 0 aliphatic carbocycles. The second-order valence-corrected chi connectivity index (χ2v) is 15.9. The van der Waals surface area contributed by atoms with Gasteiger partial charge in [-0.1, -0.05) is 12.1 Å². The standard InChI is InChI=1S/C28H43N5O6S/c1-18-9-8-14-31(18)25(34)23(29-27(36)39-28(3,4)5)17-30-16-21-15-24(30)26(35)32(21)19(2)20-10-12-22(13-11-20)40(6,7)33(37)38/h10-13,18-19,21,23-24H,8-9,14-17H2,1-7H3,(H,29,36)/t18-,19?,21?,23+,24+/m1/s1. The molecule has 1 aromatic rings. The van der Waals surface area contributed by atoms with Gasteiger partial charge in [0.1, 0.15) is 11.6 Å². The molecule has 1 N–H and O–H groups in total. The minimum atomic E-state index is -2.15. The Morgan fingerprint density at radius 3 is 2.40 bits per heavy atom. The number of nitrogens with zero attached hydrogens (tertiary/aromatic N) is 4. The predicted octanol–water partition coefficient (Wildman–Crippen LogP) is 3.55. The number of hydrogen-bond acceptors (Lipinski definition) is 7. The fourth-order valence-corrected chi connectivity index (χ4v) is 7.03. The lowest BCUT2D eigenvalue weighted by molar-refractivity contribution is -0.295. The summed E-state index contributed by atoms with van der Waals surface area (Å²) in [6.45, 7) is 10.8. The zero-order chi connectivity index (χ0) is 29.6. The van der Waals surface area contributed by atoms with Crippen LogP contribution < -0.4 is 5.32 Å². The third-order valence-corrected chi connectivity index (χ3v) is 10.5. The summed E-state index contributed by atoms with van der Waals surface area (Å²) in [5.41, 5.74) is 0.230. The summed E-state index contributed by atoms with van der Waals surface area (Å²) in [7, 11) is -2.15. The van der Waals surface area contributed by atoms with Gasteiger partial charge in [-0.15, -0.1) is 0 Å². The summed E-state index contributed by atoms with van der Waals surface area (Å²) in [6.07, 6.45) is 5.18. The third kappa shape index (κ3) is 6.07. The average molecular weight is 578 g/mol. The number of rotatable bonds is 8. The van der Waals surface area contributed by atoms with Crippen LogP contribution in [0.15, 0.2) is 29.2 Å². The van der Waals surface area contributed by atoms with Gasteiger partial charge < -0.3 is 19.9 Å². The highest BCUT2D eigenvalue weighted by molar-refractivity contribution is 8.27. The minimum absolute atomic E-state index is 0.00193. The Labute approximate surface area is 238 Å². The summed E-state index contributed by atoms with van der Waals surface area (Å²) < 4.78 is 5.23. The van der Waals surface area contributed by atoms with E-state index in [9.17, 15) is 24.5 Å². The molecule has 4 rings (SSSR count). The van der Waals surface area contributed by atoms with Crippen molar-refractivity contribution in [3.8, 4) is 0 Å². The number of nitro groups is 1. The Balaban J connectivity index is 1.45. The van der Waals surface area contributed by atoms with Crippen molar-refractivity contribution in [1.82, 2.24) is 20.0 Å². The zero-order valence-corrected chi connectivity index (χ0v) is 25.4. The summed E-state index contributed by atoms with van der Waals surface area (Å²) in [6, 6.07) is 6.08. The molecule has 0 aromatic heterocycles. The monoisotopic (exact) mass is 577 g/mol. The van der Waals surface area contributed by atoms with Gasteiger partial charge in [0.15, 0.2) is 0 Å². The highest BCUT2D eigenvalue weighted by atomic mass is 32.3. The van der Waals surface area contributed by atoms with E-state index in [2.05, 4.69) is 5.32 Å². The number of hydrogen-bond donors (Lipinski definition) is 1. The number of ether oxygens (including phenoxy) is 1. The summed E-state index contributed by atoms with van der Waals surface area (Å²) in [5.74, 6) is -0.141. The first-order valence-electron chi connectivity index (χ1n) is 13.9. The van der Waals surface area contributed by atoms with Crippen molar-refractivity contribution in [2.24, 2.45) is 0 Å². The Hall–Kier alpha value is -2.86. The number of fused-ring (bicyclic) bond motifs is 2. The van der Waals surface area contributed by atoms with E-state index < -0.39 is 28.0 Å². The Kier molecular flexibility index (Phi) is 8.43. The smallest absolute Gasteiger partial charge is 0.408 e. The SMILES string of the molecule is CC(c1ccc(S(C)(C)[N+](=O)[O-])cc1)N1C(=O)[C@@H]2CC1CN2C[C@H](NC(=O)OC(C)(C)C)C(=O)N1CCC[C@H]1C. The van der Waals surface area contributed by atoms with Crippen LogP contribution in [0.5, 0.6) is 0 Å². The number of benzene rings is 1. The molecule has 3 amide bonds. The molecular formula is C28H43N5O6S. The van der Waals surface area contributed by atoms with Crippen LogP contribution in [0.1, 0.15) is 65.5 Å². The number of carbonyl (C=O) groups is 3. The van der Waals surface area contributed by atoms with Gasteiger partial charge in [-0.05, 0) is 71.6 Å². The van der Waals surface area contributed by atoms with Crippen molar-refractivity contribution in [3.63, 3.8) is 0 Å². The third-order valence-electron chi connectivity index (χ3n) is 8.29. The quantitative estimate of drug-likeness (QED) is 0.370. The molecule has 0 radical (unpaired) electrons. The summed E-state index contributed by atoms with van der Waals surface area (Å²) >= 11 is 0. The van der Waals surface area contributed by atoms with Gasteiger partial charge in [0.2, 0.25) is 11.8 Å². The molecule has 40 heavy (non-hydrogen) atoms. The van der Waals surface area contributed by atoms with E-state index in [4.69, 9.17) is 4.74 Å². The van der Waals surface area contributed by atoms with E-state index in [-0.39, 0.29) is 46.9 Å². The molecule has 3 saturated heterocycles. The maximum absolute atomic E-state index is 13.6. The number of alkyl carbamates (subject to hydrolysis) is 1. The minimum Gasteiger partial charge on any atom is -0.444 e. The molecule has 1 aromatic carbocycles. The molecule has 3 aliphatic heterocycles. The van der Waals surface area contributed by atoms with Crippen LogP contribution in [0.3, 0.4) is 0 Å². The lowest BCUT2D eigenvalue weighted by Gasteiger charge is -2.39. The number of carbonyl (C=O) groups excluding carboxylic acids is 3. The second-order valence-electron chi connectivity index (χ2n) is 12.6. The number of nitrogens with one attached hydrogen (secondary N) is 1. The molecule has 12 heteroatoms. The largest absolute Gasteiger partial charge is 0.444 e. The fourth-order valence-electron chi connectivity index (χ4n) is 6.06. The Morgan fingerprint density at radius 1 is 1.23 bits per heavy atom. The first kappa shape index (κ1) is 30.1. The van der Waals surface area contributed by atoms with E-state index in [1.165, 1.54) is 0 Å². The van der Waals surface area contributed by atoms with Crippen LogP contribution in [0.2, 0.25) is 0 Å². The molecule has 3 aliphatic rings. The molecular weight excluding hydrogens is 534 g/mol. The topological polar surface area (TPSA) is 125 Å². The zero-order valence-electron chi connectivity index (χ0n) is 24.6. The van der Waals surface area contributed by atoms with Crippen molar-refractivity contribution in [2.75, 3.05) is 32.1 Å². The van der Waals surface area contributed by atoms with E-state index in [1.54, 1.807) is 45.4 Å². The van der Waals surface area contributed by atoms with Gasteiger partial charge in [0, 0.05) is 54.4 Å². The van der Waals surface area contributed by atoms with Gasteiger partial charge in [-0.3, -0.25) is 24.6 Å². The van der Waals surface area contributed by atoms with Gasteiger partial charge in [-0.25, -0.2) is 4.79 Å². The number of amides is 3. The highest BCUT2D eigenvalue weighted by Gasteiger charge is 2.52. The molecule has 2 bridgehead atoms. The van der Waals surface area contributed by atoms with Crippen LogP contribution in [-0.4, -0.2) is 98.9 Å². The lowest BCUT2D eigenvalue weighted by Crippen LogP contribution is -2.59. The fraction of sp³-hybridized carbons (Fsp3) is 0.679. The van der Waals surface area contributed by atoms with E-state index in [1.807, 2.05) is 40.7 Å². The van der Waals surface area contributed by atoms with Crippen LogP contribution in [-0.2, 0) is 14.3 Å². The van der Waals surface area contributed by atoms with Crippen molar-refractivity contribution in [2.45, 2.75) is 94.6 Å². The Bertz CT molecular complexity index is 1150. The maximum Gasteiger partial charge on any atom is 0.408 e. The number of piperazine rings is 1. The molecule has 3 fully saturated rings. The van der Waals surface area contributed by atoms with Gasteiger partial charge in [0.25, 0.3) is 0 Å². The van der Waals surface area contributed by atoms with E-state index >= 15 is 0 Å². The first-order chi connectivity index (χ1) is 18.6. The molecule has 3 heterocycles. The molecule has 0 spiro atoms. The number of likely N-dealkylation sites (tertiary alicyclic amines) is 3. The van der Waals surface area contributed by atoms with Crippen LogP contribution in [0.25, 0.3) is 0 Å². The van der Waals surface area contributed by atoms with Gasteiger partial charge in [0.05, 0.1) is 21.3 Å². The van der Waals surface area contributed by atoms with E-state index in [0.717, 1.165) is 18.4 Å². The molecule has 0 saturated carbocycles. The predicted molar refractivity (Wildman–Crippen MR) is 154 cm³/mol. The normalized spacial score (nSPS) is 25.2. The highest BCUT2D eigenvalue weighted by Crippen LogP contribution is 2.49. The summed E-state index contributed by atoms with van der Waals surface area (Å²) in [5, 5.41) is 14.3. The van der Waals surface area contributed by atoms with Crippen molar-refractivity contribution in [3.05, 3.63) is 39.9 Å². The van der Waals surface area contributed by atoms with Crippen LogP contribution in [0.4, 0.5) is 4.79 Å². The molecule has 2 unspecified atom stereocenters. The van der Waals surface area contributed by atoms with Crippen LogP contribution in [0, 0.1) is 10.1 Å². The average Bonchev–Trinajstić information content (AvgIpc) is 3.56. The van der Waals surface area contributed by atoms with Crippen LogP contribution >= 0.6 is 10.2 Å². The second kappa shape index (κ2) is 11.2. The lowest BCUT2D eigenvalue weighted by atomic mass is 10.1. The van der Waals surface area contributed by atoms with Crippen molar-refractivity contribution < 1.29 is 23.4 Å². The first-order valence-corrected chi connectivity index (χ1v) is 16.3. The molecule has 5 atom stereocenters. The van der Waals surface area contributed by atoms with Gasteiger partial charge >= 0.3 is 6.09 Å². The maximum atomic E-state index is 13.6. The van der Waals surface area contributed by atoms with E-state index in [0.29, 0.717) is 24.4 Å². The molecule has 11 nitrogen and oxygen atoms in total. The van der Waals surface area contributed by atoms with Crippen molar-refractivity contribution >= 4 is 28.1 Å². The van der Waals surface area contributed by atoms with Crippen molar-refractivity contribution in [1.29, 1.82) is 0 Å². The van der Waals surface area contributed by atoms with Gasteiger partial charge in [-0.2, -0.15) is 0 Å². The molecule has 222 valence electrons. The summed E-state index contributed by atoms with van der Waals surface area (Å²) in [4.78, 5) is 57.6.